The summed E-state index contributed by atoms with van der Waals surface area (Å²) in [5, 5.41) is 20.6. The summed E-state index contributed by atoms with van der Waals surface area (Å²) < 4.78 is 6.63. The summed E-state index contributed by atoms with van der Waals surface area (Å²) >= 11 is 0. The first-order valence-electron chi connectivity index (χ1n) is 8.36. The first kappa shape index (κ1) is 18.0. The summed E-state index contributed by atoms with van der Waals surface area (Å²) in [5.74, 6) is -0.996. The fraction of sp³-hybridized carbons (Fsp3) is 0.471. The summed E-state index contributed by atoms with van der Waals surface area (Å²) in [5.41, 5.74) is 0.631. The number of methoxy groups -OCH3 is 1. The van der Waals surface area contributed by atoms with Crippen molar-refractivity contribution < 1.29 is 19.4 Å². The number of tetrazole rings is 1. The summed E-state index contributed by atoms with van der Waals surface area (Å²) in [6.45, 7) is 0.852. The van der Waals surface area contributed by atoms with Gasteiger partial charge in [-0.05, 0) is 41.0 Å². The van der Waals surface area contributed by atoms with E-state index in [0.717, 1.165) is 11.3 Å². The second-order valence-electron chi connectivity index (χ2n) is 6.53. The SMILES string of the molecule is COCC1(C(=O)O)CCCN(C(=O)Cc2ccc(-n3cnnn3)cc2)C1. The molecule has 1 saturated heterocycles. The van der Waals surface area contributed by atoms with E-state index in [1.807, 2.05) is 24.3 Å². The predicted molar refractivity (Wildman–Crippen MR) is 90.6 cm³/mol. The average molecular weight is 359 g/mol. The van der Waals surface area contributed by atoms with Crippen molar-refractivity contribution in [3.8, 4) is 5.69 Å². The molecule has 0 radical (unpaired) electrons. The Hall–Kier alpha value is -2.81. The third-order valence-electron chi connectivity index (χ3n) is 4.71. The van der Waals surface area contributed by atoms with Gasteiger partial charge in [0.25, 0.3) is 0 Å². The van der Waals surface area contributed by atoms with Crippen LogP contribution in [-0.2, 0) is 20.7 Å². The molecule has 1 aliphatic rings. The van der Waals surface area contributed by atoms with Crippen molar-refractivity contribution in [1.82, 2.24) is 25.1 Å². The zero-order valence-electron chi connectivity index (χ0n) is 14.5. The number of carbonyl (C=O) groups excluding carboxylic acids is 1. The van der Waals surface area contributed by atoms with Crippen molar-refractivity contribution in [1.29, 1.82) is 0 Å². The maximum absolute atomic E-state index is 12.7. The number of carboxylic acid groups (broad SMARTS) is 1. The summed E-state index contributed by atoms with van der Waals surface area (Å²) in [6, 6.07) is 7.36. The normalized spacial score (nSPS) is 20.1. The van der Waals surface area contributed by atoms with Gasteiger partial charge in [-0.1, -0.05) is 12.1 Å². The maximum atomic E-state index is 12.7. The molecule has 9 nitrogen and oxygen atoms in total. The number of carbonyl (C=O) groups is 2. The number of ether oxygens (including phenoxy) is 1. The van der Waals surface area contributed by atoms with Crippen LogP contribution in [-0.4, -0.2) is 68.9 Å². The van der Waals surface area contributed by atoms with Gasteiger partial charge in [0.15, 0.2) is 0 Å². The molecule has 0 spiro atoms. The zero-order valence-corrected chi connectivity index (χ0v) is 14.5. The molecule has 26 heavy (non-hydrogen) atoms. The highest BCUT2D eigenvalue weighted by atomic mass is 16.5. The predicted octanol–water partition coefficient (Wildman–Crippen LogP) is 0.545. The molecule has 1 amide bonds. The summed E-state index contributed by atoms with van der Waals surface area (Å²) in [4.78, 5) is 26.0. The van der Waals surface area contributed by atoms with Crippen molar-refractivity contribution in [3.63, 3.8) is 0 Å². The van der Waals surface area contributed by atoms with E-state index in [4.69, 9.17) is 4.74 Å². The van der Waals surface area contributed by atoms with Crippen LogP contribution in [0.4, 0.5) is 0 Å². The molecule has 0 bridgehead atoms. The number of aromatic nitrogens is 4. The van der Waals surface area contributed by atoms with E-state index in [2.05, 4.69) is 15.5 Å². The van der Waals surface area contributed by atoms with Crippen LogP contribution >= 0.6 is 0 Å². The molecule has 0 saturated carbocycles. The highest BCUT2D eigenvalue weighted by Gasteiger charge is 2.43. The fourth-order valence-corrected chi connectivity index (χ4v) is 3.31. The van der Waals surface area contributed by atoms with Gasteiger partial charge in [-0.25, -0.2) is 4.68 Å². The van der Waals surface area contributed by atoms with Crippen LogP contribution in [0, 0.1) is 5.41 Å². The van der Waals surface area contributed by atoms with E-state index in [0.29, 0.717) is 19.4 Å². The smallest absolute Gasteiger partial charge is 0.313 e. The van der Waals surface area contributed by atoms with Crippen molar-refractivity contribution in [2.24, 2.45) is 5.41 Å². The topological polar surface area (TPSA) is 110 Å². The molecule has 1 fully saturated rings. The lowest BCUT2D eigenvalue weighted by molar-refractivity contribution is -0.159. The molecular weight excluding hydrogens is 338 g/mol. The highest BCUT2D eigenvalue weighted by Crippen LogP contribution is 2.31. The largest absolute Gasteiger partial charge is 0.481 e. The minimum absolute atomic E-state index is 0.0819. The molecule has 1 aliphatic heterocycles. The number of benzene rings is 1. The monoisotopic (exact) mass is 359 g/mol. The van der Waals surface area contributed by atoms with Gasteiger partial charge in [-0.15, -0.1) is 5.10 Å². The molecule has 1 aromatic carbocycles. The molecule has 2 heterocycles. The van der Waals surface area contributed by atoms with Gasteiger partial charge < -0.3 is 14.7 Å². The molecule has 138 valence electrons. The molecule has 1 N–H and O–H groups in total. The van der Waals surface area contributed by atoms with Crippen molar-refractivity contribution >= 4 is 11.9 Å². The van der Waals surface area contributed by atoms with E-state index < -0.39 is 11.4 Å². The number of carboxylic acids is 1. The third-order valence-corrected chi connectivity index (χ3v) is 4.71. The van der Waals surface area contributed by atoms with E-state index in [1.165, 1.54) is 18.1 Å². The minimum Gasteiger partial charge on any atom is -0.481 e. The first-order chi connectivity index (χ1) is 12.5. The lowest BCUT2D eigenvalue weighted by atomic mass is 9.80. The van der Waals surface area contributed by atoms with Crippen LogP contribution in [0.15, 0.2) is 30.6 Å². The lowest BCUT2D eigenvalue weighted by Crippen LogP contribution is -2.52. The van der Waals surface area contributed by atoms with Crippen LogP contribution < -0.4 is 0 Å². The molecule has 9 heteroatoms. The summed E-state index contributed by atoms with van der Waals surface area (Å²) in [6.07, 6.45) is 2.88. The number of likely N-dealkylation sites (tertiary alicyclic amines) is 1. The first-order valence-corrected chi connectivity index (χ1v) is 8.36. The van der Waals surface area contributed by atoms with E-state index in [1.54, 1.807) is 4.90 Å². The van der Waals surface area contributed by atoms with Crippen LogP contribution in [0.5, 0.6) is 0 Å². The molecule has 1 unspecified atom stereocenters. The second kappa shape index (κ2) is 7.61. The average Bonchev–Trinajstić information content (AvgIpc) is 3.17. The number of aliphatic carboxylic acids is 1. The number of amides is 1. The van der Waals surface area contributed by atoms with Gasteiger partial charge in [-0.3, -0.25) is 9.59 Å². The Kier molecular flexibility index (Phi) is 5.27. The number of piperidine rings is 1. The minimum atomic E-state index is -1.02. The zero-order chi connectivity index (χ0) is 18.6. The van der Waals surface area contributed by atoms with Crippen LogP contribution in [0.1, 0.15) is 18.4 Å². The Morgan fingerprint density at radius 3 is 2.69 bits per heavy atom. The van der Waals surface area contributed by atoms with E-state index in [-0.39, 0.29) is 25.5 Å². The number of rotatable bonds is 6. The highest BCUT2D eigenvalue weighted by molar-refractivity contribution is 5.81. The third kappa shape index (κ3) is 3.72. The molecule has 0 aliphatic carbocycles. The Labute approximate surface area is 150 Å². The van der Waals surface area contributed by atoms with Crippen LogP contribution in [0.2, 0.25) is 0 Å². The quantitative estimate of drug-likeness (QED) is 0.801. The Bertz CT molecular complexity index is 758. The van der Waals surface area contributed by atoms with E-state index >= 15 is 0 Å². The van der Waals surface area contributed by atoms with Crippen molar-refractivity contribution in [3.05, 3.63) is 36.2 Å². The Morgan fingerprint density at radius 1 is 1.31 bits per heavy atom. The molecular formula is C17H21N5O4. The molecule has 2 aromatic rings. The summed E-state index contributed by atoms with van der Waals surface area (Å²) in [7, 11) is 1.48. The standard InChI is InChI=1S/C17H21N5O4/c1-26-11-17(16(24)25)7-2-8-21(10-17)15(23)9-13-3-5-14(6-4-13)22-12-18-19-20-22/h3-6,12H,2,7-11H2,1H3,(H,24,25). The Balaban J connectivity index is 1.66. The van der Waals surface area contributed by atoms with Gasteiger partial charge in [0.1, 0.15) is 11.7 Å². The van der Waals surface area contributed by atoms with Crippen molar-refractivity contribution in [2.45, 2.75) is 19.3 Å². The van der Waals surface area contributed by atoms with Gasteiger partial charge in [0, 0.05) is 20.2 Å². The van der Waals surface area contributed by atoms with Gasteiger partial charge in [0.05, 0.1) is 18.7 Å². The number of hydrogen-bond donors (Lipinski definition) is 1. The number of hydrogen-bond acceptors (Lipinski definition) is 6. The van der Waals surface area contributed by atoms with Crippen LogP contribution in [0.25, 0.3) is 5.69 Å². The number of nitrogens with zero attached hydrogens (tertiary/aromatic N) is 5. The molecule has 1 atom stereocenters. The van der Waals surface area contributed by atoms with Gasteiger partial charge >= 0.3 is 5.97 Å². The fourth-order valence-electron chi connectivity index (χ4n) is 3.31. The lowest BCUT2D eigenvalue weighted by Gasteiger charge is -2.39. The molecule has 1 aromatic heterocycles. The Morgan fingerprint density at radius 2 is 2.08 bits per heavy atom. The molecule has 3 rings (SSSR count). The maximum Gasteiger partial charge on any atom is 0.313 e. The van der Waals surface area contributed by atoms with E-state index in [9.17, 15) is 14.7 Å². The van der Waals surface area contributed by atoms with Gasteiger partial charge in [0.2, 0.25) is 5.91 Å². The van der Waals surface area contributed by atoms with Crippen LogP contribution in [0.3, 0.4) is 0 Å². The van der Waals surface area contributed by atoms with Gasteiger partial charge in [-0.2, -0.15) is 0 Å². The van der Waals surface area contributed by atoms with Crippen molar-refractivity contribution in [2.75, 3.05) is 26.8 Å². The second-order valence-corrected chi connectivity index (χ2v) is 6.53.